The van der Waals surface area contributed by atoms with E-state index in [1.165, 1.54) is 75.3 Å². The summed E-state index contributed by atoms with van der Waals surface area (Å²) in [6, 6.07) is 9.36. The van der Waals surface area contributed by atoms with Gasteiger partial charge in [0.05, 0.1) is 12.7 Å². The summed E-state index contributed by atoms with van der Waals surface area (Å²) in [5.74, 6) is 2.66. The largest absolute Gasteiger partial charge is 0.374 e. The summed E-state index contributed by atoms with van der Waals surface area (Å²) < 4.78 is 5.93. The Hall–Kier alpha value is -1.08. The number of hydrogen-bond acceptors (Lipinski definition) is 1. The van der Waals surface area contributed by atoms with Crippen molar-refractivity contribution < 1.29 is 4.74 Å². The molecule has 2 unspecified atom stereocenters. The van der Waals surface area contributed by atoms with Gasteiger partial charge in [0.25, 0.3) is 0 Å². The van der Waals surface area contributed by atoms with Crippen molar-refractivity contribution in [3.63, 3.8) is 0 Å². The Balaban J connectivity index is 1.37. The van der Waals surface area contributed by atoms with Crippen molar-refractivity contribution in [1.82, 2.24) is 0 Å². The second kappa shape index (κ2) is 9.57. The first-order chi connectivity index (χ1) is 12.3. The van der Waals surface area contributed by atoms with Crippen LogP contribution in [0.4, 0.5) is 0 Å². The molecule has 0 radical (unpaired) electrons. The summed E-state index contributed by atoms with van der Waals surface area (Å²) >= 11 is 0. The fourth-order valence-corrected chi connectivity index (χ4v) is 4.83. The number of rotatable bonds is 7. The van der Waals surface area contributed by atoms with Crippen LogP contribution in [0.25, 0.3) is 0 Å². The smallest absolute Gasteiger partial charge is 0.0753 e. The molecule has 0 N–H and O–H groups in total. The quantitative estimate of drug-likeness (QED) is 0.525. The van der Waals surface area contributed by atoms with Crippen LogP contribution < -0.4 is 0 Å². The molecule has 1 aliphatic carbocycles. The fourth-order valence-electron chi connectivity index (χ4n) is 4.83. The zero-order valence-corrected chi connectivity index (χ0v) is 16.1. The molecule has 1 aromatic carbocycles. The maximum Gasteiger partial charge on any atom is 0.0753 e. The van der Waals surface area contributed by atoms with Crippen LogP contribution >= 0.6 is 0 Å². The maximum atomic E-state index is 5.93. The standard InChI is InChI=1S/C24H36O/c1-3-5-19-6-8-20(9-7-19)10-11-21-12-14-22(15-13-21)23-16-17-24(4-2)25-18-23/h4,6-9,21-24H,2-3,5,10-18H2,1H3. The van der Waals surface area contributed by atoms with E-state index in [4.69, 9.17) is 4.74 Å². The molecular weight excluding hydrogens is 304 g/mol. The van der Waals surface area contributed by atoms with Gasteiger partial charge in [0.15, 0.2) is 0 Å². The van der Waals surface area contributed by atoms with Crippen LogP contribution in [0.5, 0.6) is 0 Å². The third-order valence-electron chi connectivity index (χ3n) is 6.57. The molecule has 1 aromatic rings. The predicted molar refractivity (Wildman–Crippen MR) is 107 cm³/mol. The van der Waals surface area contributed by atoms with E-state index in [-0.39, 0.29) is 0 Å². The van der Waals surface area contributed by atoms with Crippen LogP contribution in [0, 0.1) is 17.8 Å². The summed E-state index contributed by atoms with van der Waals surface area (Å²) in [5.41, 5.74) is 3.01. The van der Waals surface area contributed by atoms with Crippen molar-refractivity contribution in [2.24, 2.45) is 17.8 Å². The van der Waals surface area contributed by atoms with Crippen LogP contribution in [0.3, 0.4) is 0 Å². The zero-order valence-electron chi connectivity index (χ0n) is 16.1. The van der Waals surface area contributed by atoms with Crippen LogP contribution in [-0.4, -0.2) is 12.7 Å². The van der Waals surface area contributed by atoms with Crippen molar-refractivity contribution in [2.75, 3.05) is 6.61 Å². The second-order valence-corrected chi connectivity index (χ2v) is 8.33. The van der Waals surface area contributed by atoms with E-state index in [9.17, 15) is 0 Å². The Morgan fingerprint density at radius 3 is 2.12 bits per heavy atom. The van der Waals surface area contributed by atoms with Crippen LogP contribution in [0.15, 0.2) is 36.9 Å². The molecule has 2 atom stereocenters. The minimum Gasteiger partial charge on any atom is -0.374 e. The van der Waals surface area contributed by atoms with Gasteiger partial charge in [-0.1, -0.05) is 56.5 Å². The average molecular weight is 341 g/mol. The topological polar surface area (TPSA) is 9.23 Å². The number of benzene rings is 1. The minimum atomic E-state index is 0.316. The molecule has 1 saturated carbocycles. The van der Waals surface area contributed by atoms with E-state index in [1.807, 2.05) is 6.08 Å². The van der Waals surface area contributed by atoms with Gasteiger partial charge in [-0.05, 0) is 73.8 Å². The lowest BCUT2D eigenvalue weighted by Gasteiger charge is -2.37. The molecule has 0 bridgehead atoms. The lowest BCUT2D eigenvalue weighted by Crippen LogP contribution is -2.31. The monoisotopic (exact) mass is 340 g/mol. The molecule has 1 saturated heterocycles. The van der Waals surface area contributed by atoms with E-state index in [2.05, 4.69) is 37.8 Å². The second-order valence-electron chi connectivity index (χ2n) is 8.33. The lowest BCUT2D eigenvalue weighted by atomic mass is 9.72. The van der Waals surface area contributed by atoms with E-state index in [0.29, 0.717) is 6.10 Å². The van der Waals surface area contributed by atoms with Gasteiger partial charge in [0, 0.05) is 0 Å². The minimum absolute atomic E-state index is 0.316. The third kappa shape index (κ3) is 5.45. The number of aryl methyl sites for hydroxylation is 2. The summed E-state index contributed by atoms with van der Waals surface area (Å²) in [6.45, 7) is 7.09. The zero-order chi connectivity index (χ0) is 17.5. The first-order valence-corrected chi connectivity index (χ1v) is 10.6. The molecule has 25 heavy (non-hydrogen) atoms. The summed E-state index contributed by atoms with van der Waals surface area (Å²) in [4.78, 5) is 0. The van der Waals surface area contributed by atoms with Crippen LogP contribution in [-0.2, 0) is 17.6 Å². The molecule has 0 spiro atoms. The van der Waals surface area contributed by atoms with Crippen molar-refractivity contribution in [3.05, 3.63) is 48.0 Å². The summed E-state index contributed by atoms with van der Waals surface area (Å²) in [6.07, 6.45) is 15.6. The van der Waals surface area contributed by atoms with Gasteiger partial charge < -0.3 is 4.74 Å². The third-order valence-corrected chi connectivity index (χ3v) is 6.57. The number of ether oxygens (including phenoxy) is 1. The molecule has 0 amide bonds. The van der Waals surface area contributed by atoms with Crippen molar-refractivity contribution in [2.45, 2.75) is 77.2 Å². The molecule has 2 aliphatic rings. The van der Waals surface area contributed by atoms with Gasteiger partial charge in [-0.3, -0.25) is 0 Å². The first-order valence-electron chi connectivity index (χ1n) is 10.6. The Bertz CT molecular complexity index is 501. The maximum absolute atomic E-state index is 5.93. The predicted octanol–water partition coefficient (Wildman–Crippen LogP) is 6.36. The van der Waals surface area contributed by atoms with E-state index in [1.54, 1.807) is 0 Å². The van der Waals surface area contributed by atoms with Crippen molar-refractivity contribution in [3.8, 4) is 0 Å². The molecule has 2 fully saturated rings. The molecule has 1 aliphatic heterocycles. The van der Waals surface area contributed by atoms with Gasteiger partial charge in [-0.2, -0.15) is 0 Å². The van der Waals surface area contributed by atoms with E-state index in [0.717, 1.165) is 24.4 Å². The summed E-state index contributed by atoms with van der Waals surface area (Å²) in [5, 5.41) is 0. The molecule has 138 valence electrons. The molecule has 1 heterocycles. The highest BCUT2D eigenvalue weighted by Gasteiger charge is 2.30. The van der Waals surface area contributed by atoms with Gasteiger partial charge in [-0.25, -0.2) is 0 Å². The van der Waals surface area contributed by atoms with Crippen molar-refractivity contribution in [1.29, 1.82) is 0 Å². The van der Waals surface area contributed by atoms with Crippen LogP contribution in [0.1, 0.15) is 69.4 Å². The van der Waals surface area contributed by atoms with Gasteiger partial charge in [0.2, 0.25) is 0 Å². The van der Waals surface area contributed by atoms with Gasteiger partial charge in [0.1, 0.15) is 0 Å². The Labute approximate surface area is 154 Å². The van der Waals surface area contributed by atoms with Gasteiger partial charge in [-0.15, -0.1) is 6.58 Å². The molecule has 0 aromatic heterocycles. The fraction of sp³-hybridized carbons (Fsp3) is 0.667. The normalized spacial score (nSPS) is 30.1. The highest BCUT2D eigenvalue weighted by molar-refractivity contribution is 5.22. The average Bonchev–Trinajstić information content (AvgIpc) is 2.68. The van der Waals surface area contributed by atoms with E-state index >= 15 is 0 Å². The lowest BCUT2D eigenvalue weighted by molar-refractivity contribution is -0.0166. The molecule has 1 nitrogen and oxygen atoms in total. The molecular formula is C24H36O. The van der Waals surface area contributed by atoms with E-state index < -0.39 is 0 Å². The Morgan fingerprint density at radius 1 is 0.920 bits per heavy atom. The van der Waals surface area contributed by atoms with Gasteiger partial charge >= 0.3 is 0 Å². The Kier molecular flexibility index (Phi) is 7.16. The summed E-state index contributed by atoms with van der Waals surface area (Å²) in [7, 11) is 0. The molecule has 3 rings (SSSR count). The van der Waals surface area contributed by atoms with Crippen LogP contribution in [0.2, 0.25) is 0 Å². The highest BCUT2D eigenvalue weighted by atomic mass is 16.5. The highest BCUT2D eigenvalue weighted by Crippen LogP contribution is 2.39. The molecule has 1 heteroatoms. The SMILES string of the molecule is C=CC1CCC(C2CCC(CCc3ccc(CCC)cc3)CC2)CO1. The number of hydrogen-bond donors (Lipinski definition) is 0. The Morgan fingerprint density at radius 2 is 1.56 bits per heavy atom. The first kappa shape index (κ1) is 18.7. The van der Waals surface area contributed by atoms with Crippen molar-refractivity contribution >= 4 is 0 Å².